The Hall–Kier alpha value is -1.14. The van der Waals surface area contributed by atoms with E-state index in [0.29, 0.717) is 0 Å². The van der Waals surface area contributed by atoms with Crippen LogP contribution in [-0.4, -0.2) is 55.3 Å². The molecule has 152 valence electrons. The molecule has 0 radical (unpaired) electrons. The first-order valence-corrected chi connectivity index (χ1v) is 10.5. The number of halogens is 6. The maximum Gasteiger partial charge on any atom is 0.459 e. The minimum atomic E-state index is -5.82. The molecular formula is C13H24F6O5Si. The quantitative estimate of drug-likeness (QED) is 0.540. The van der Waals surface area contributed by atoms with Gasteiger partial charge in [0.05, 0.1) is 0 Å². The summed E-state index contributed by atoms with van der Waals surface area (Å²) in [6.45, 7) is 11.3. The van der Waals surface area contributed by atoms with Crippen LogP contribution in [0.2, 0.25) is 19.6 Å². The summed E-state index contributed by atoms with van der Waals surface area (Å²) < 4.78 is 70.8. The molecule has 0 saturated carbocycles. The van der Waals surface area contributed by atoms with E-state index in [9.17, 15) is 35.9 Å². The average Bonchev–Trinajstić information content (AvgIpc) is 2.41. The third kappa shape index (κ3) is 20.8. The van der Waals surface area contributed by atoms with E-state index in [0.717, 1.165) is 13.0 Å². The van der Waals surface area contributed by atoms with Crippen molar-refractivity contribution in [2.45, 2.75) is 64.8 Å². The lowest BCUT2D eigenvalue weighted by atomic mass is 10.3. The van der Waals surface area contributed by atoms with Gasteiger partial charge in [-0.3, -0.25) is 4.79 Å². The first-order valence-electron chi connectivity index (χ1n) is 7.13. The molecule has 0 spiro atoms. The molecule has 25 heavy (non-hydrogen) atoms. The molecule has 12 heteroatoms. The predicted molar refractivity (Wildman–Crippen MR) is 80.6 cm³/mol. The highest BCUT2D eigenvalue weighted by molar-refractivity contribution is 6.69. The van der Waals surface area contributed by atoms with Crippen molar-refractivity contribution in [2.24, 2.45) is 0 Å². The van der Waals surface area contributed by atoms with Gasteiger partial charge in [-0.25, -0.2) is 4.79 Å². The maximum atomic E-state index is 10.9. The predicted octanol–water partition coefficient (Wildman–Crippen LogP) is 3.77. The second-order valence-electron chi connectivity index (χ2n) is 5.55. The van der Waals surface area contributed by atoms with Crippen LogP contribution >= 0.6 is 0 Å². The molecule has 0 bridgehead atoms. The summed E-state index contributed by atoms with van der Waals surface area (Å²) in [5.41, 5.74) is 0. The molecule has 0 aliphatic carbocycles. The molecule has 1 unspecified atom stereocenters. The van der Waals surface area contributed by atoms with Crippen molar-refractivity contribution in [3.05, 3.63) is 0 Å². The summed E-state index contributed by atoms with van der Waals surface area (Å²) in [6.07, 6.45) is -11.4. The Labute approximate surface area is 143 Å². The Bertz CT molecular complexity index is 374. The average molecular weight is 402 g/mol. The van der Waals surface area contributed by atoms with E-state index in [-0.39, 0.29) is 6.42 Å². The number of hydrogen-bond donors (Lipinski definition) is 2. The van der Waals surface area contributed by atoms with Crippen LogP contribution in [0.25, 0.3) is 0 Å². The molecule has 0 aliphatic heterocycles. The largest absolute Gasteiger partial charge is 0.479 e. The van der Waals surface area contributed by atoms with Crippen molar-refractivity contribution in [1.29, 1.82) is 0 Å². The van der Waals surface area contributed by atoms with Crippen molar-refractivity contribution in [3.8, 4) is 0 Å². The molecule has 5 nitrogen and oxygen atoms in total. The number of carboxylic acid groups (broad SMARTS) is 1. The zero-order valence-corrected chi connectivity index (χ0v) is 15.6. The van der Waals surface area contributed by atoms with Crippen molar-refractivity contribution in [1.82, 2.24) is 0 Å². The minimum Gasteiger partial charge on any atom is -0.479 e. The Morgan fingerprint density at radius 3 is 1.40 bits per heavy atom. The van der Waals surface area contributed by atoms with Crippen LogP contribution in [0, 0.1) is 0 Å². The topological polar surface area (TPSA) is 83.8 Å². The van der Waals surface area contributed by atoms with Gasteiger partial charge < -0.3 is 14.6 Å². The Balaban J connectivity index is -0.000000296. The second-order valence-corrected chi connectivity index (χ2v) is 10.1. The van der Waals surface area contributed by atoms with Crippen LogP contribution in [0.3, 0.4) is 0 Å². The standard InChI is InChI=1S/C6H16OSi.C4H8O3.C3F6O/c1-5-6-7-8(2,3)4;1-2-3(5)4(6)7;4-2(5,6)1(10)3(7,8)9/h5-6H2,1-4H3;3,5H,2H2,1H3,(H,6,7);. The smallest absolute Gasteiger partial charge is 0.459 e. The van der Waals surface area contributed by atoms with Crippen molar-refractivity contribution >= 4 is 20.1 Å². The molecule has 0 aromatic heterocycles. The van der Waals surface area contributed by atoms with Crippen LogP contribution in [0.15, 0.2) is 0 Å². The van der Waals surface area contributed by atoms with Crippen LogP contribution < -0.4 is 0 Å². The zero-order chi connectivity index (χ0) is 21.1. The molecule has 0 fully saturated rings. The van der Waals surface area contributed by atoms with E-state index < -0.39 is 38.5 Å². The molecule has 2 N–H and O–H groups in total. The SMILES string of the molecule is CCC(O)C(=O)O.CCCO[Si](C)(C)C.O=C(C(F)(F)F)C(F)(F)F. The zero-order valence-electron chi connectivity index (χ0n) is 14.6. The third-order valence-corrected chi connectivity index (χ3v) is 3.00. The first-order chi connectivity index (χ1) is 10.9. The molecular weight excluding hydrogens is 378 g/mol. The molecule has 0 aromatic carbocycles. The molecule has 0 aliphatic rings. The highest BCUT2D eigenvalue weighted by Crippen LogP contribution is 2.28. The summed E-state index contributed by atoms with van der Waals surface area (Å²) in [5, 5.41) is 16.3. The fraction of sp³-hybridized carbons (Fsp3) is 0.846. The maximum absolute atomic E-state index is 10.9. The highest BCUT2D eigenvalue weighted by Gasteiger charge is 2.55. The van der Waals surface area contributed by atoms with Gasteiger partial charge >= 0.3 is 24.1 Å². The molecule has 1 atom stereocenters. The minimum absolute atomic E-state index is 0.273. The number of aliphatic carboxylic acids is 1. The van der Waals surface area contributed by atoms with Crippen LogP contribution in [-0.2, 0) is 14.0 Å². The molecule has 0 saturated heterocycles. The number of Topliss-reactive ketones (excluding diaryl/α,β-unsaturated/α-hetero) is 1. The van der Waals surface area contributed by atoms with Gasteiger partial charge in [-0.2, -0.15) is 26.3 Å². The van der Waals surface area contributed by atoms with E-state index in [2.05, 4.69) is 26.6 Å². The van der Waals surface area contributed by atoms with E-state index in [4.69, 9.17) is 14.6 Å². The number of carboxylic acids is 1. The molecule has 0 rings (SSSR count). The van der Waals surface area contributed by atoms with Gasteiger partial charge in [-0.05, 0) is 32.5 Å². The van der Waals surface area contributed by atoms with Crippen LogP contribution in [0.4, 0.5) is 26.3 Å². The molecule has 0 amide bonds. The highest BCUT2D eigenvalue weighted by atomic mass is 28.4. The number of ketones is 1. The number of aliphatic hydroxyl groups is 1. The summed E-state index contributed by atoms with van der Waals surface area (Å²) in [6, 6.07) is 0. The Morgan fingerprint density at radius 1 is 1.00 bits per heavy atom. The molecule has 0 aromatic rings. The summed E-state index contributed by atoms with van der Waals surface area (Å²) in [4.78, 5) is 18.9. The Morgan fingerprint density at radius 2 is 1.36 bits per heavy atom. The normalized spacial score (nSPS) is 13.0. The summed E-state index contributed by atoms with van der Waals surface area (Å²) >= 11 is 0. The van der Waals surface area contributed by atoms with E-state index in [1.54, 1.807) is 6.92 Å². The van der Waals surface area contributed by atoms with Crippen LogP contribution in [0.1, 0.15) is 26.7 Å². The van der Waals surface area contributed by atoms with Crippen molar-refractivity contribution < 1.29 is 50.6 Å². The van der Waals surface area contributed by atoms with Gasteiger partial charge in [0.25, 0.3) is 0 Å². The van der Waals surface area contributed by atoms with Crippen molar-refractivity contribution in [2.75, 3.05) is 6.61 Å². The monoisotopic (exact) mass is 402 g/mol. The van der Waals surface area contributed by atoms with E-state index >= 15 is 0 Å². The van der Waals surface area contributed by atoms with E-state index in [1.807, 2.05) is 0 Å². The van der Waals surface area contributed by atoms with Gasteiger partial charge in [0, 0.05) is 6.61 Å². The third-order valence-electron chi connectivity index (χ3n) is 1.93. The number of aliphatic hydroxyl groups excluding tert-OH is 1. The van der Waals surface area contributed by atoms with Gasteiger partial charge in [0.15, 0.2) is 14.4 Å². The number of rotatable bonds is 5. The summed E-state index contributed by atoms with van der Waals surface area (Å²) in [7, 11) is -1.18. The number of hydrogen-bond acceptors (Lipinski definition) is 4. The molecule has 0 heterocycles. The number of carbonyl (C=O) groups is 2. The van der Waals surface area contributed by atoms with Gasteiger partial charge in [0.1, 0.15) is 0 Å². The number of alkyl halides is 6. The van der Waals surface area contributed by atoms with Gasteiger partial charge in [-0.1, -0.05) is 13.8 Å². The van der Waals surface area contributed by atoms with Gasteiger partial charge in [-0.15, -0.1) is 0 Å². The fourth-order valence-electron chi connectivity index (χ4n) is 0.744. The van der Waals surface area contributed by atoms with Crippen molar-refractivity contribution in [3.63, 3.8) is 0 Å². The van der Waals surface area contributed by atoms with Crippen LogP contribution in [0.5, 0.6) is 0 Å². The second kappa shape index (κ2) is 12.2. The lowest BCUT2D eigenvalue weighted by molar-refractivity contribution is -0.217. The lowest BCUT2D eigenvalue weighted by Crippen LogP contribution is -2.36. The fourth-order valence-corrected chi connectivity index (χ4v) is 1.56. The van der Waals surface area contributed by atoms with Gasteiger partial charge in [0.2, 0.25) is 0 Å². The summed E-state index contributed by atoms with van der Waals surface area (Å²) in [5.74, 6) is -4.83. The Kier molecular flexibility index (Phi) is 14.0. The first kappa shape index (κ1) is 28.7. The number of carbonyl (C=O) groups excluding carboxylic acids is 1. The van der Waals surface area contributed by atoms with E-state index in [1.165, 1.54) is 0 Å². The lowest BCUT2D eigenvalue weighted by Gasteiger charge is -2.15.